The molecule has 1 aliphatic rings. The molecule has 0 bridgehead atoms. The summed E-state index contributed by atoms with van der Waals surface area (Å²) < 4.78 is 0. The summed E-state index contributed by atoms with van der Waals surface area (Å²) >= 11 is 0. The normalized spacial score (nSPS) is 14.1. The van der Waals surface area contributed by atoms with Gasteiger partial charge in [0.1, 0.15) is 0 Å². The van der Waals surface area contributed by atoms with Gasteiger partial charge < -0.3 is 5.11 Å². The largest absolute Gasteiger partial charge is 0.512 e. The van der Waals surface area contributed by atoms with E-state index in [-0.39, 0.29) is 48.9 Å². The van der Waals surface area contributed by atoms with Crippen LogP contribution in [0.1, 0.15) is 123 Å². The van der Waals surface area contributed by atoms with Crippen LogP contribution >= 0.6 is 0 Å². The molecule has 0 aliphatic heterocycles. The van der Waals surface area contributed by atoms with E-state index in [4.69, 9.17) is 9.97 Å². The van der Waals surface area contributed by atoms with E-state index >= 15 is 0 Å². The topological polar surface area (TPSA) is 63.1 Å². The second kappa shape index (κ2) is 16.8. The van der Waals surface area contributed by atoms with Crippen LogP contribution in [0.25, 0.3) is 32.9 Å². The summed E-state index contributed by atoms with van der Waals surface area (Å²) in [5.74, 6) is 1.27. The molecule has 0 atom stereocenters. The van der Waals surface area contributed by atoms with E-state index in [0.717, 1.165) is 59.5 Å². The van der Waals surface area contributed by atoms with Crippen LogP contribution in [0.5, 0.6) is 0 Å². The Morgan fingerprint density at radius 3 is 2.22 bits per heavy atom. The number of hydrogen-bond donors (Lipinski definition) is 1. The third-order valence-corrected chi connectivity index (χ3v) is 9.61. The summed E-state index contributed by atoms with van der Waals surface area (Å²) in [6.45, 7) is 16.9. The first-order chi connectivity index (χ1) is 21.5. The third kappa shape index (κ3) is 8.92. The number of rotatable bonds is 9. The second-order valence-electron chi connectivity index (χ2n) is 13.8. The Kier molecular flexibility index (Phi) is 13.7. The number of allylic oxidation sites excluding steroid dienone is 2. The number of benzene rings is 2. The van der Waals surface area contributed by atoms with Crippen LogP contribution < -0.4 is 0 Å². The molecule has 1 aliphatic carbocycles. The van der Waals surface area contributed by atoms with Crippen LogP contribution in [-0.4, -0.2) is 20.9 Å². The number of aliphatic hydroxyl groups excluding tert-OH is 1. The molecule has 249 valence electrons. The Bertz CT molecular complexity index is 1640. The molecular formula is C41H53IrN2O2-. The van der Waals surface area contributed by atoms with Gasteiger partial charge in [0.25, 0.3) is 0 Å². The first kappa shape index (κ1) is 37.6. The fourth-order valence-electron chi connectivity index (χ4n) is 6.66. The number of carbonyl (C=O) groups is 1. The molecule has 0 amide bonds. The van der Waals surface area contributed by atoms with E-state index in [1.807, 2.05) is 40.8 Å². The number of hydrogen-bond acceptors (Lipinski definition) is 4. The van der Waals surface area contributed by atoms with Gasteiger partial charge >= 0.3 is 0 Å². The predicted molar refractivity (Wildman–Crippen MR) is 190 cm³/mol. The number of aliphatic hydroxyl groups is 1. The summed E-state index contributed by atoms with van der Waals surface area (Å²) in [5, 5.41) is 13.3. The molecule has 0 spiro atoms. The quantitative estimate of drug-likeness (QED) is 0.104. The van der Waals surface area contributed by atoms with Crippen LogP contribution in [0.3, 0.4) is 0 Å². The Morgan fingerprint density at radius 1 is 0.957 bits per heavy atom. The van der Waals surface area contributed by atoms with Crippen molar-refractivity contribution in [3.05, 3.63) is 83.4 Å². The number of carbonyl (C=O) groups excluding carboxylic acids is 1. The van der Waals surface area contributed by atoms with Crippen molar-refractivity contribution in [1.82, 2.24) is 9.97 Å². The summed E-state index contributed by atoms with van der Waals surface area (Å²) in [7, 11) is 0. The minimum Gasteiger partial charge on any atom is -0.512 e. The van der Waals surface area contributed by atoms with Crippen molar-refractivity contribution in [1.29, 1.82) is 0 Å². The molecule has 2 aromatic heterocycles. The number of aryl methyl sites for hydroxylation is 1. The van der Waals surface area contributed by atoms with Crippen LogP contribution in [-0.2, 0) is 30.3 Å². The summed E-state index contributed by atoms with van der Waals surface area (Å²) in [4.78, 5) is 21.4. The van der Waals surface area contributed by atoms with Gasteiger partial charge in [-0.3, -0.25) is 14.8 Å². The molecule has 5 rings (SSSR count). The number of aromatic nitrogens is 2. The van der Waals surface area contributed by atoms with Crippen molar-refractivity contribution >= 4 is 27.5 Å². The number of fused-ring (bicyclic) bond motifs is 2. The summed E-state index contributed by atoms with van der Waals surface area (Å²) in [5.41, 5.74) is 6.87. The van der Waals surface area contributed by atoms with Crippen molar-refractivity contribution in [2.24, 2.45) is 11.8 Å². The zero-order valence-corrected chi connectivity index (χ0v) is 31.6. The van der Waals surface area contributed by atoms with Crippen molar-refractivity contribution < 1.29 is 30.0 Å². The molecule has 4 aromatic rings. The van der Waals surface area contributed by atoms with Crippen LogP contribution in [0.2, 0.25) is 0 Å². The first-order valence-corrected chi connectivity index (χ1v) is 17.2. The van der Waals surface area contributed by atoms with Crippen molar-refractivity contribution in [2.75, 3.05) is 0 Å². The van der Waals surface area contributed by atoms with Gasteiger partial charge in [0, 0.05) is 61.1 Å². The molecule has 4 nitrogen and oxygen atoms in total. The van der Waals surface area contributed by atoms with Gasteiger partial charge in [0.15, 0.2) is 5.78 Å². The zero-order chi connectivity index (χ0) is 32.7. The average molecular weight is 798 g/mol. The molecule has 5 heteroatoms. The van der Waals surface area contributed by atoms with E-state index in [9.17, 15) is 9.90 Å². The minimum atomic E-state index is -0.0108. The monoisotopic (exact) mass is 798 g/mol. The van der Waals surface area contributed by atoms with Gasteiger partial charge in [-0.2, -0.15) is 0 Å². The molecule has 2 aromatic carbocycles. The third-order valence-electron chi connectivity index (χ3n) is 9.61. The van der Waals surface area contributed by atoms with Crippen molar-refractivity contribution in [3.8, 4) is 11.3 Å². The SMILES string of the molecule is CCC(CC)C(=O)/C=C(\O)C(CC)CC.Cc1ccc2[c-]c(-c3nccc4cc(C5CCCC5)ccc34)cc(C(C)(C)C)c2n1.[Ir]. The van der Waals surface area contributed by atoms with E-state index in [2.05, 4.69) is 69.3 Å². The van der Waals surface area contributed by atoms with Gasteiger partial charge in [-0.05, 0) is 79.2 Å². The smallest absolute Gasteiger partial charge is 0.162 e. The van der Waals surface area contributed by atoms with E-state index < -0.39 is 0 Å². The van der Waals surface area contributed by atoms with E-state index in [0.29, 0.717) is 0 Å². The Hall–Kier alpha value is -2.88. The molecule has 46 heavy (non-hydrogen) atoms. The minimum absolute atomic E-state index is 0. The number of nitrogens with zero attached hydrogens (tertiary/aromatic N) is 2. The Balaban J connectivity index is 0.000000309. The summed E-state index contributed by atoms with van der Waals surface area (Å²) in [6, 6.07) is 19.2. The van der Waals surface area contributed by atoms with Crippen molar-refractivity contribution in [2.45, 2.75) is 118 Å². The number of ketones is 1. The zero-order valence-electron chi connectivity index (χ0n) is 29.2. The second-order valence-corrected chi connectivity index (χ2v) is 13.8. The predicted octanol–water partition coefficient (Wildman–Crippen LogP) is 11.4. The first-order valence-electron chi connectivity index (χ1n) is 17.2. The molecule has 1 N–H and O–H groups in total. The Morgan fingerprint density at radius 2 is 1.61 bits per heavy atom. The van der Waals surface area contributed by atoms with Gasteiger partial charge in [-0.25, -0.2) is 0 Å². The maximum absolute atomic E-state index is 11.7. The maximum atomic E-state index is 11.7. The van der Waals surface area contributed by atoms with Crippen molar-refractivity contribution in [3.63, 3.8) is 0 Å². The van der Waals surface area contributed by atoms with E-state index in [1.54, 1.807) is 0 Å². The van der Waals surface area contributed by atoms with Gasteiger partial charge in [0.05, 0.1) is 5.76 Å². The Labute approximate surface area is 290 Å². The molecule has 1 radical (unpaired) electrons. The molecule has 0 unspecified atom stereocenters. The molecule has 1 fully saturated rings. The maximum Gasteiger partial charge on any atom is 0.162 e. The summed E-state index contributed by atoms with van der Waals surface area (Å²) in [6.07, 6.45) is 12.2. The van der Waals surface area contributed by atoms with E-state index in [1.165, 1.54) is 53.7 Å². The molecular weight excluding hydrogens is 745 g/mol. The molecule has 0 saturated heterocycles. The average Bonchev–Trinajstić information content (AvgIpc) is 3.56. The van der Waals surface area contributed by atoms with Crippen LogP contribution in [0.15, 0.2) is 60.5 Å². The van der Waals surface area contributed by atoms with Crippen LogP contribution in [0, 0.1) is 24.8 Å². The van der Waals surface area contributed by atoms with Gasteiger partial charge in [-0.15, -0.1) is 18.2 Å². The molecule has 1 saturated carbocycles. The standard InChI is InChI=1S/C28H29N2.C13H24O2.Ir/c1-18-9-10-22-16-23(17-25(27(22)30-18)28(2,3)4)26-24-12-11-20(19-7-5-6-8-19)15-21(24)13-14-29-26;1-5-10(6-2)12(14)9-13(15)11(7-3)8-4;/h9-15,17,19H,5-8H2,1-4H3;9-11,14H,5-8H2,1-4H3;/q-1;;/b;12-9-;. The number of pyridine rings is 2. The van der Waals surface area contributed by atoms with Gasteiger partial charge in [0.2, 0.25) is 0 Å². The fraction of sp³-hybridized carbons (Fsp3) is 0.488. The fourth-order valence-corrected chi connectivity index (χ4v) is 6.66. The van der Waals surface area contributed by atoms with Crippen LogP contribution in [0.4, 0.5) is 0 Å². The van der Waals surface area contributed by atoms with Gasteiger partial charge in [-0.1, -0.05) is 102 Å². The molecule has 2 heterocycles.